The number of amides is 1. The van der Waals surface area contributed by atoms with Gasteiger partial charge in [0.15, 0.2) is 0 Å². The Morgan fingerprint density at radius 3 is 2.59 bits per heavy atom. The molecular weight excluding hydrogens is 420 g/mol. The molecule has 0 bridgehead atoms. The molecule has 0 spiro atoms. The van der Waals surface area contributed by atoms with E-state index in [1.54, 1.807) is 0 Å². The van der Waals surface area contributed by atoms with Gasteiger partial charge in [0.1, 0.15) is 0 Å². The van der Waals surface area contributed by atoms with Crippen LogP contribution in [-0.2, 0) is 11.3 Å². The Labute approximate surface area is 193 Å². The standard InChI is InChI=1S/C25H30N4O2S/c30-23(18-32-25-27-26-24(31-25)20-8-2-1-3-9-20)29-15-13-28(14-16-29)17-21-11-6-10-19-7-4-5-12-22(19)21/h4-7,10-12,20H,1-3,8-9,13-18H2. The molecule has 1 aliphatic carbocycles. The van der Waals surface area contributed by atoms with Crippen LogP contribution in [0.5, 0.6) is 0 Å². The van der Waals surface area contributed by atoms with Gasteiger partial charge in [-0.3, -0.25) is 9.69 Å². The third-order valence-corrected chi connectivity index (χ3v) is 7.50. The number of rotatable bonds is 6. The van der Waals surface area contributed by atoms with Crippen molar-refractivity contribution in [3.05, 3.63) is 53.9 Å². The summed E-state index contributed by atoms with van der Waals surface area (Å²) in [6, 6.07) is 15.0. The molecule has 3 aromatic rings. The monoisotopic (exact) mass is 450 g/mol. The topological polar surface area (TPSA) is 62.5 Å². The van der Waals surface area contributed by atoms with Crippen molar-refractivity contribution >= 4 is 28.4 Å². The van der Waals surface area contributed by atoms with E-state index >= 15 is 0 Å². The van der Waals surface area contributed by atoms with E-state index in [9.17, 15) is 4.79 Å². The predicted octanol–water partition coefficient (Wildman–Crippen LogP) is 4.71. The number of hydrogen-bond acceptors (Lipinski definition) is 6. The maximum absolute atomic E-state index is 12.7. The lowest BCUT2D eigenvalue weighted by Gasteiger charge is -2.34. The van der Waals surface area contributed by atoms with Crippen molar-refractivity contribution in [2.45, 2.75) is 49.8 Å². The van der Waals surface area contributed by atoms with Gasteiger partial charge in [-0.05, 0) is 29.2 Å². The summed E-state index contributed by atoms with van der Waals surface area (Å²) in [5, 5.41) is 11.5. The minimum absolute atomic E-state index is 0.150. The van der Waals surface area contributed by atoms with E-state index in [1.165, 1.54) is 47.4 Å². The molecule has 0 unspecified atom stereocenters. The highest BCUT2D eigenvalue weighted by Crippen LogP contribution is 2.33. The number of thioether (sulfide) groups is 1. The second-order valence-electron chi connectivity index (χ2n) is 8.83. The Kier molecular flexibility index (Phi) is 6.74. The molecule has 1 amide bonds. The highest BCUT2D eigenvalue weighted by atomic mass is 32.2. The molecule has 7 heteroatoms. The van der Waals surface area contributed by atoms with Crippen LogP contribution in [0.1, 0.15) is 49.5 Å². The molecule has 0 radical (unpaired) electrons. The second kappa shape index (κ2) is 10.0. The van der Waals surface area contributed by atoms with Crippen molar-refractivity contribution in [3.63, 3.8) is 0 Å². The SMILES string of the molecule is O=C(CSc1nnc(C2CCCCC2)o1)N1CCN(Cc2cccc3ccccc23)CC1. The molecule has 2 aromatic carbocycles. The van der Waals surface area contributed by atoms with Gasteiger partial charge in [-0.1, -0.05) is 73.5 Å². The zero-order valence-electron chi connectivity index (χ0n) is 18.4. The van der Waals surface area contributed by atoms with Crippen LogP contribution in [0.3, 0.4) is 0 Å². The van der Waals surface area contributed by atoms with Gasteiger partial charge >= 0.3 is 0 Å². The molecule has 1 saturated carbocycles. The molecule has 2 aliphatic rings. The summed E-state index contributed by atoms with van der Waals surface area (Å²) in [6.07, 6.45) is 6.04. The van der Waals surface area contributed by atoms with E-state index in [-0.39, 0.29) is 5.91 Å². The normalized spacial score (nSPS) is 18.3. The van der Waals surface area contributed by atoms with Crippen molar-refractivity contribution in [2.24, 2.45) is 0 Å². The van der Waals surface area contributed by atoms with Gasteiger partial charge in [0.2, 0.25) is 11.8 Å². The number of carbonyl (C=O) groups is 1. The van der Waals surface area contributed by atoms with Crippen LogP contribution >= 0.6 is 11.8 Å². The van der Waals surface area contributed by atoms with E-state index in [2.05, 4.69) is 57.6 Å². The molecule has 32 heavy (non-hydrogen) atoms. The Morgan fingerprint density at radius 1 is 0.969 bits per heavy atom. The number of piperazine rings is 1. The van der Waals surface area contributed by atoms with Gasteiger partial charge < -0.3 is 9.32 Å². The van der Waals surface area contributed by atoms with Gasteiger partial charge in [0.05, 0.1) is 5.75 Å². The van der Waals surface area contributed by atoms with E-state index in [4.69, 9.17) is 4.42 Å². The van der Waals surface area contributed by atoms with Gasteiger partial charge in [-0.2, -0.15) is 0 Å². The number of hydrogen-bond donors (Lipinski definition) is 0. The zero-order chi connectivity index (χ0) is 21.8. The van der Waals surface area contributed by atoms with Gasteiger partial charge in [-0.25, -0.2) is 0 Å². The van der Waals surface area contributed by atoms with Crippen molar-refractivity contribution in [2.75, 3.05) is 31.9 Å². The summed E-state index contributed by atoms with van der Waals surface area (Å²) in [4.78, 5) is 17.1. The van der Waals surface area contributed by atoms with Crippen molar-refractivity contribution in [1.29, 1.82) is 0 Å². The van der Waals surface area contributed by atoms with Crippen molar-refractivity contribution in [1.82, 2.24) is 20.0 Å². The third-order valence-electron chi connectivity index (χ3n) is 6.69. The minimum Gasteiger partial charge on any atom is -0.416 e. The second-order valence-corrected chi connectivity index (χ2v) is 9.75. The molecule has 1 aliphatic heterocycles. The Bertz CT molecular complexity index is 1050. The van der Waals surface area contributed by atoms with Gasteiger partial charge in [-0.15, -0.1) is 10.2 Å². The van der Waals surface area contributed by atoms with Crippen LogP contribution in [0, 0.1) is 0 Å². The Hall–Kier alpha value is -2.38. The molecule has 1 aromatic heterocycles. The number of carbonyl (C=O) groups excluding carboxylic acids is 1. The van der Waals surface area contributed by atoms with Gasteiger partial charge in [0, 0.05) is 38.6 Å². The molecule has 0 atom stereocenters. The molecular formula is C25H30N4O2S. The van der Waals surface area contributed by atoms with Crippen LogP contribution in [0.2, 0.25) is 0 Å². The van der Waals surface area contributed by atoms with E-state index in [0.29, 0.717) is 16.9 Å². The average Bonchev–Trinajstić information content (AvgIpc) is 3.33. The van der Waals surface area contributed by atoms with Crippen LogP contribution < -0.4 is 0 Å². The third kappa shape index (κ3) is 4.99. The fraction of sp³-hybridized carbons (Fsp3) is 0.480. The number of nitrogens with zero attached hydrogens (tertiary/aromatic N) is 4. The quantitative estimate of drug-likeness (QED) is 0.507. The van der Waals surface area contributed by atoms with Crippen molar-refractivity contribution in [3.8, 4) is 0 Å². The van der Waals surface area contributed by atoms with Crippen molar-refractivity contribution < 1.29 is 9.21 Å². The maximum atomic E-state index is 12.7. The molecule has 5 rings (SSSR count). The van der Waals surface area contributed by atoms with Gasteiger partial charge in [0.25, 0.3) is 5.22 Å². The fourth-order valence-electron chi connectivity index (χ4n) is 4.83. The number of benzene rings is 2. The summed E-state index contributed by atoms with van der Waals surface area (Å²) in [5.41, 5.74) is 1.35. The first-order chi connectivity index (χ1) is 15.8. The predicted molar refractivity (Wildman–Crippen MR) is 127 cm³/mol. The summed E-state index contributed by atoms with van der Waals surface area (Å²) < 4.78 is 5.84. The fourth-order valence-corrected chi connectivity index (χ4v) is 5.51. The summed E-state index contributed by atoms with van der Waals surface area (Å²) in [5.74, 6) is 1.66. The highest BCUT2D eigenvalue weighted by molar-refractivity contribution is 7.99. The lowest BCUT2D eigenvalue weighted by Crippen LogP contribution is -2.48. The summed E-state index contributed by atoms with van der Waals surface area (Å²) in [7, 11) is 0. The minimum atomic E-state index is 0.150. The average molecular weight is 451 g/mol. The van der Waals surface area contributed by atoms with E-state index in [0.717, 1.165) is 51.5 Å². The maximum Gasteiger partial charge on any atom is 0.277 e. The lowest BCUT2D eigenvalue weighted by molar-refractivity contribution is -0.130. The highest BCUT2D eigenvalue weighted by Gasteiger charge is 2.24. The van der Waals surface area contributed by atoms with Crippen LogP contribution in [0.15, 0.2) is 52.1 Å². The first-order valence-electron chi connectivity index (χ1n) is 11.7. The molecule has 1 saturated heterocycles. The lowest BCUT2D eigenvalue weighted by atomic mass is 9.89. The smallest absolute Gasteiger partial charge is 0.277 e. The Morgan fingerprint density at radius 2 is 1.75 bits per heavy atom. The number of aromatic nitrogens is 2. The first kappa shape index (κ1) is 21.5. The zero-order valence-corrected chi connectivity index (χ0v) is 19.2. The van der Waals surface area contributed by atoms with Crippen LogP contribution in [-0.4, -0.2) is 57.8 Å². The van der Waals surface area contributed by atoms with E-state index < -0.39 is 0 Å². The molecule has 168 valence electrons. The summed E-state index contributed by atoms with van der Waals surface area (Å²) >= 11 is 1.37. The largest absolute Gasteiger partial charge is 0.416 e. The molecule has 2 heterocycles. The van der Waals surface area contributed by atoms with Crippen LogP contribution in [0.4, 0.5) is 0 Å². The van der Waals surface area contributed by atoms with Crippen LogP contribution in [0.25, 0.3) is 10.8 Å². The first-order valence-corrected chi connectivity index (χ1v) is 12.7. The Balaban J connectivity index is 1.10. The number of fused-ring (bicyclic) bond motifs is 1. The molecule has 2 fully saturated rings. The molecule has 0 N–H and O–H groups in total. The van der Waals surface area contributed by atoms with E-state index in [1.807, 2.05) is 4.90 Å². The summed E-state index contributed by atoms with van der Waals surface area (Å²) in [6.45, 7) is 4.24. The molecule has 6 nitrogen and oxygen atoms in total.